The molecule has 2 atom stereocenters. The fourth-order valence-electron chi connectivity index (χ4n) is 3.56. The maximum Gasteiger partial charge on any atom is 0.409 e. The average Bonchev–Trinajstić information content (AvgIpc) is 2.80. The summed E-state index contributed by atoms with van der Waals surface area (Å²) in [5.74, 6) is 0. The van der Waals surface area contributed by atoms with Gasteiger partial charge in [-0.05, 0) is 36.7 Å². The molecule has 0 spiro atoms. The summed E-state index contributed by atoms with van der Waals surface area (Å²) in [5, 5.41) is 5.70. The van der Waals surface area contributed by atoms with E-state index in [1.807, 2.05) is 12.1 Å². The fraction of sp³-hybridized carbons (Fsp3) is 0.421. The lowest BCUT2D eigenvalue weighted by atomic mass is 9.83. The molecular weight excluding hydrogens is 327 g/mol. The van der Waals surface area contributed by atoms with E-state index in [0.717, 1.165) is 12.1 Å². The zero-order valence-corrected chi connectivity index (χ0v) is 14.5. The zero-order valence-electron chi connectivity index (χ0n) is 14.5. The number of aromatic nitrogens is 1. The van der Waals surface area contributed by atoms with Crippen LogP contribution < -0.4 is 10.6 Å². The highest BCUT2D eigenvalue weighted by Gasteiger charge is 2.41. The van der Waals surface area contributed by atoms with Gasteiger partial charge in [0.05, 0.1) is 17.6 Å². The second-order valence-electron chi connectivity index (χ2n) is 7.01. The standard InChI is InChI=1S/C19H22F3N3/c1-18(2)14-7-5-4-6-12(14)10-16(18)25-13-8-9-15(24-11-13)17(23-3)19(20,21)22/h4-9,11,16-17,23,25H,10H2,1-3H3/t16-,17?/m1/s1. The van der Waals surface area contributed by atoms with Crippen LogP contribution in [0.2, 0.25) is 0 Å². The number of hydrogen-bond donors (Lipinski definition) is 2. The fourth-order valence-corrected chi connectivity index (χ4v) is 3.56. The second-order valence-corrected chi connectivity index (χ2v) is 7.01. The number of pyridine rings is 1. The first kappa shape index (κ1) is 17.7. The highest BCUT2D eigenvalue weighted by Crippen LogP contribution is 2.40. The van der Waals surface area contributed by atoms with Crippen LogP contribution in [0.5, 0.6) is 0 Å². The summed E-state index contributed by atoms with van der Waals surface area (Å²) in [7, 11) is 1.28. The van der Waals surface area contributed by atoms with Crippen molar-refractivity contribution < 1.29 is 13.2 Å². The molecule has 1 aromatic carbocycles. The van der Waals surface area contributed by atoms with Gasteiger partial charge in [-0.2, -0.15) is 13.2 Å². The third kappa shape index (κ3) is 3.35. The number of hydrogen-bond acceptors (Lipinski definition) is 3. The van der Waals surface area contributed by atoms with E-state index in [1.165, 1.54) is 30.4 Å². The summed E-state index contributed by atoms with van der Waals surface area (Å²) in [6.45, 7) is 4.36. The Bertz CT molecular complexity index is 738. The van der Waals surface area contributed by atoms with Crippen molar-refractivity contribution in [3.8, 4) is 0 Å². The topological polar surface area (TPSA) is 37.0 Å². The van der Waals surface area contributed by atoms with Crippen LogP contribution in [0.15, 0.2) is 42.6 Å². The van der Waals surface area contributed by atoms with Crippen molar-refractivity contribution in [2.45, 2.75) is 43.9 Å². The predicted octanol–water partition coefficient (Wildman–Crippen LogP) is 4.22. The molecule has 0 aliphatic heterocycles. The van der Waals surface area contributed by atoms with E-state index >= 15 is 0 Å². The first-order valence-electron chi connectivity index (χ1n) is 8.28. The Kier molecular flexibility index (Phi) is 4.49. The lowest BCUT2D eigenvalue weighted by Gasteiger charge is -2.30. The number of halogens is 3. The lowest BCUT2D eigenvalue weighted by Crippen LogP contribution is -2.36. The van der Waals surface area contributed by atoms with Gasteiger partial charge in [0.15, 0.2) is 0 Å². The smallest absolute Gasteiger partial charge is 0.380 e. The molecule has 3 nitrogen and oxygen atoms in total. The summed E-state index contributed by atoms with van der Waals surface area (Å²) in [6.07, 6.45) is -2.01. The summed E-state index contributed by atoms with van der Waals surface area (Å²) in [4.78, 5) is 4.01. The van der Waals surface area contributed by atoms with Crippen molar-refractivity contribution in [2.75, 3.05) is 12.4 Å². The molecule has 1 unspecified atom stereocenters. The molecule has 0 radical (unpaired) electrons. The first-order chi connectivity index (χ1) is 11.7. The minimum absolute atomic E-state index is 0.0329. The van der Waals surface area contributed by atoms with Crippen LogP contribution >= 0.6 is 0 Å². The zero-order chi connectivity index (χ0) is 18.2. The first-order valence-corrected chi connectivity index (χ1v) is 8.28. The number of benzene rings is 1. The maximum absolute atomic E-state index is 13.0. The van der Waals surface area contributed by atoms with E-state index in [4.69, 9.17) is 0 Å². The van der Waals surface area contributed by atoms with Crippen molar-refractivity contribution in [1.82, 2.24) is 10.3 Å². The number of anilines is 1. The van der Waals surface area contributed by atoms with Crippen molar-refractivity contribution >= 4 is 5.69 Å². The monoisotopic (exact) mass is 349 g/mol. The molecule has 1 aromatic heterocycles. The third-order valence-electron chi connectivity index (χ3n) is 5.05. The highest BCUT2D eigenvalue weighted by atomic mass is 19.4. The SMILES string of the molecule is CNC(c1ccc(N[C@@H]2Cc3ccccc3C2(C)C)cn1)C(F)(F)F. The molecule has 0 amide bonds. The van der Waals surface area contributed by atoms with Crippen LogP contribution in [0.1, 0.15) is 36.7 Å². The van der Waals surface area contributed by atoms with Gasteiger partial charge in [0, 0.05) is 11.5 Å². The number of fused-ring (bicyclic) bond motifs is 1. The number of rotatable bonds is 4. The molecule has 25 heavy (non-hydrogen) atoms. The van der Waals surface area contributed by atoms with Crippen molar-refractivity contribution in [2.24, 2.45) is 0 Å². The van der Waals surface area contributed by atoms with Crippen LogP contribution in [-0.2, 0) is 11.8 Å². The second kappa shape index (κ2) is 6.33. The van der Waals surface area contributed by atoms with Crippen LogP contribution in [-0.4, -0.2) is 24.2 Å². The molecule has 0 bridgehead atoms. The Hall–Kier alpha value is -2.08. The largest absolute Gasteiger partial charge is 0.409 e. The highest BCUT2D eigenvalue weighted by molar-refractivity contribution is 5.49. The molecular formula is C19H22F3N3. The molecule has 2 N–H and O–H groups in total. The van der Waals surface area contributed by atoms with Gasteiger partial charge in [0.2, 0.25) is 0 Å². The van der Waals surface area contributed by atoms with E-state index in [0.29, 0.717) is 0 Å². The Morgan fingerprint density at radius 2 is 1.88 bits per heavy atom. The van der Waals surface area contributed by atoms with Crippen molar-refractivity contribution in [3.63, 3.8) is 0 Å². The molecule has 3 rings (SSSR count). The van der Waals surface area contributed by atoms with Gasteiger partial charge in [-0.15, -0.1) is 0 Å². The van der Waals surface area contributed by atoms with Gasteiger partial charge in [-0.3, -0.25) is 4.98 Å². The molecule has 6 heteroatoms. The average molecular weight is 349 g/mol. The summed E-state index contributed by atoms with van der Waals surface area (Å²) >= 11 is 0. The molecule has 0 saturated carbocycles. The van der Waals surface area contributed by atoms with Crippen molar-refractivity contribution in [3.05, 3.63) is 59.4 Å². The number of nitrogens with zero attached hydrogens (tertiary/aromatic N) is 1. The molecule has 1 heterocycles. The van der Waals surface area contributed by atoms with Gasteiger partial charge < -0.3 is 10.6 Å². The van der Waals surface area contributed by atoms with E-state index in [2.05, 4.69) is 41.6 Å². The Balaban J connectivity index is 1.77. The molecule has 1 aliphatic rings. The van der Waals surface area contributed by atoms with Gasteiger partial charge in [0.1, 0.15) is 6.04 Å². The van der Waals surface area contributed by atoms with Gasteiger partial charge >= 0.3 is 6.18 Å². The summed E-state index contributed by atoms with van der Waals surface area (Å²) in [5.41, 5.74) is 3.25. The molecule has 0 saturated heterocycles. The normalized spacial score (nSPS) is 20.2. The quantitative estimate of drug-likeness (QED) is 0.868. The minimum Gasteiger partial charge on any atom is -0.380 e. The number of nitrogens with one attached hydrogen (secondary N) is 2. The Labute approximate surface area is 145 Å². The van der Waals surface area contributed by atoms with Gasteiger partial charge in [-0.25, -0.2) is 0 Å². The Morgan fingerprint density at radius 1 is 1.16 bits per heavy atom. The lowest BCUT2D eigenvalue weighted by molar-refractivity contribution is -0.157. The molecule has 0 fully saturated rings. The third-order valence-corrected chi connectivity index (χ3v) is 5.05. The van der Waals surface area contributed by atoms with Crippen LogP contribution in [0.3, 0.4) is 0 Å². The molecule has 1 aliphatic carbocycles. The minimum atomic E-state index is -4.37. The predicted molar refractivity (Wildman–Crippen MR) is 92.7 cm³/mol. The van der Waals surface area contributed by atoms with E-state index in [9.17, 15) is 13.2 Å². The van der Waals surface area contributed by atoms with Gasteiger partial charge in [-0.1, -0.05) is 38.1 Å². The van der Waals surface area contributed by atoms with E-state index in [1.54, 1.807) is 6.07 Å². The maximum atomic E-state index is 13.0. The molecule has 134 valence electrons. The van der Waals surface area contributed by atoms with Crippen LogP contribution in [0, 0.1) is 0 Å². The van der Waals surface area contributed by atoms with Gasteiger partial charge in [0.25, 0.3) is 0 Å². The molecule has 2 aromatic rings. The van der Waals surface area contributed by atoms with Crippen molar-refractivity contribution in [1.29, 1.82) is 0 Å². The summed E-state index contributed by atoms with van der Waals surface area (Å²) in [6, 6.07) is 9.83. The van der Waals surface area contributed by atoms with E-state index < -0.39 is 12.2 Å². The number of alkyl halides is 3. The summed E-state index contributed by atoms with van der Waals surface area (Å²) < 4.78 is 38.9. The van der Waals surface area contributed by atoms with E-state index in [-0.39, 0.29) is 17.2 Å². The van der Waals surface area contributed by atoms with Crippen LogP contribution in [0.4, 0.5) is 18.9 Å². The Morgan fingerprint density at radius 3 is 2.44 bits per heavy atom. The van der Waals surface area contributed by atoms with Crippen LogP contribution in [0.25, 0.3) is 0 Å².